The van der Waals surface area contributed by atoms with Gasteiger partial charge in [0.2, 0.25) is 15.9 Å². The molecule has 1 heterocycles. The number of sulfonamides is 1. The highest BCUT2D eigenvalue weighted by Crippen LogP contribution is 2.24. The summed E-state index contributed by atoms with van der Waals surface area (Å²) in [6.07, 6.45) is 1.68. The molecule has 0 atom stereocenters. The number of fused-ring (bicyclic) bond motifs is 1. The van der Waals surface area contributed by atoms with Gasteiger partial charge in [0, 0.05) is 46.9 Å². The highest BCUT2D eigenvalue weighted by Gasteiger charge is 2.25. The first-order valence-corrected chi connectivity index (χ1v) is 11.8. The van der Waals surface area contributed by atoms with E-state index in [0.29, 0.717) is 23.1 Å². The number of amides is 1. The molecule has 164 valence electrons. The van der Waals surface area contributed by atoms with Crippen LogP contribution in [0.2, 0.25) is 10.0 Å². The van der Waals surface area contributed by atoms with Crippen LogP contribution in [0.4, 0.5) is 5.69 Å². The Bertz CT molecular complexity index is 1170. The molecule has 3 aromatic rings. The Hall–Kier alpha value is -2.39. The number of pyridine rings is 1. The lowest BCUT2D eigenvalue weighted by molar-refractivity contribution is -0.121. The zero-order chi connectivity index (χ0) is 22.4. The van der Waals surface area contributed by atoms with Crippen LogP contribution in [0.25, 0.3) is 10.9 Å². The van der Waals surface area contributed by atoms with Crippen LogP contribution in [-0.2, 0) is 14.8 Å². The minimum atomic E-state index is -3.78. The molecule has 3 rings (SSSR count). The molecule has 0 fully saturated rings. The van der Waals surface area contributed by atoms with Crippen molar-refractivity contribution in [2.45, 2.75) is 11.8 Å². The minimum Gasteiger partial charge on any atom is -0.383 e. The molecular formula is C21H22Cl2N4O3S. The Balaban J connectivity index is 1.54. The van der Waals surface area contributed by atoms with Crippen LogP contribution >= 0.6 is 23.2 Å². The van der Waals surface area contributed by atoms with Gasteiger partial charge in [0.15, 0.2) is 0 Å². The van der Waals surface area contributed by atoms with E-state index in [1.165, 1.54) is 24.3 Å². The topological polar surface area (TPSA) is 91.4 Å². The number of aromatic nitrogens is 1. The van der Waals surface area contributed by atoms with Crippen molar-refractivity contribution in [3.63, 3.8) is 0 Å². The minimum absolute atomic E-state index is 0.0953. The van der Waals surface area contributed by atoms with Gasteiger partial charge in [0.1, 0.15) is 0 Å². The zero-order valence-corrected chi connectivity index (χ0v) is 19.1. The molecule has 31 heavy (non-hydrogen) atoms. The fourth-order valence-electron chi connectivity index (χ4n) is 3.01. The molecule has 0 bridgehead atoms. The van der Waals surface area contributed by atoms with E-state index in [0.717, 1.165) is 20.9 Å². The summed E-state index contributed by atoms with van der Waals surface area (Å²) in [6.45, 7) is 2.38. The molecule has 0 aliphatic heterocycles. The SMILES string of the molecule is CCN(CC(=O)NCCNc1ccnc2cc(Cl)ccc12)S(=O)(=O)c1ccc(Cl)cc1. The third kappa shape index (κ3) is 5.86. The number of carbonyl (C=O) groups is 1. The monoisotopic (exact) mass is 480 g/mol. The summed E-state index contributed by atoms with van der Waals surface area (Å²) < 4.78 is 26.6. The van der Waals surface area contributed by atoms with Gasteiger partial charge in [0.05, 0.1) is 17.0 Å². The smallest absolute Gasteiger partial charge is 0.243 e. The van der Waals surface area contributed by atoms with Crippen LogP contribution in [0.3, 0.4) is 0 Å². The van der Waals surface area contributed by atoms with Crippen LogP contribution in [0, 0.1) is 0 Å². The Kier molecular flexibility index (Phi) is 7.72. The fourth-order valence-corrected chi connectivity index (χ4v) is 4.71. The molecule has 10 heteroatoms. The van der Waals surface area contributed by atoms with E-state index in [2.05, 4.69) is 15.6 Å². The molecule has 0 unspecified atom stereocenters. The molecule has 2 aromatic carbocycles. The predicted octanol–water partition coefficient (Wildman–Crippen LogP) is 3.78. The van der Waals surface area contributed by atoms with Crippen LogP contribution in [-0.4, -0.2) is 49.8 Å². The summed E-state index contributed by atoms with van der Waals surface area (Å²) in [5.74, 6) is -0.382. The number of nitrogens with zero attached hydrogens (tertiary/aromatic N) is 2. The normalized spacial score (nSPS) is 11.6. The van der Waals surface area contributed by atoms with Crippen molar-refractivity contribution in [2.75, 3.05) is 31.5 Å². The summed E-state index contributed by atoms with van der Waals surface area (Å²) >= 11 is 11.8. The average molecular weight is 481 g/mol. The van der Waals surface area contributed by atoms with Gasteiger partial charge in [-0.3, -0.25) is 9.78 Å². The van der Waals surface area contributed by atoms with E-state index < -0.39 is 10.0 Å². The number of rotatable bonds is 9. The molecule has 1 amide bonds. The van der Waals surface area contributed by atoms with Crippen molar-refractivity contribution in [3.8, 4) is 0 Å². The van der Waals surface area contributed by atoms with Crippen LogP contribution < -0.4 is 10.6 Å². The third-order valence-corrected chi connectivity index (χ3v) is 7.01. The van der Waals surface area contributed by atoms with Gasteiger partial charge in [-0.2, -0.15) is 4.31 Å². The van der Waals surface area contributed by atoms with E-state index in [1.807, 2.05) is 12.1 Å². The molecule has 0 aliphatic rings. The summed E-state index contributed by atoms with van der Waals surface area (Å²) in [7, 11) is -3.78. The molecule has 0 saturated carbocycles. The maximum Gasteiger partial charge on any atom is 0.243 e. The number of nitrogens with one attached hydrogen (secondary N) is 2. The van der Waals surface area contributed by atoms with Crippen LogP contribution in [0.1, 0.15) is 6.92 Å². The quantitative estimate of drug-likeness (QED) is 0.454. The second-order valence-corrected chi connectivity index (χ2v) is 9.49. The van der Waals surface area contributed by atoms with Crippen molar-refractivity contribution in [2.24, 2.45) is 0 Å². The molecule has 1 aromatic heterocycles. The Morgan fingerprint density at radius 1 is 1.03 bits per heavy atom. The van der Waals surface area contributed by atoms with Gasteiger partial charge < -0.3 is 10.6 Å². The summed E-state index contributed by atoms with van der Waals surface area (Å²) in [5.41, 5.74) is 1.64. The fraction of sp³-hybridized carbons (Fsp3) is 0.238. The summed E-state index contributed by atoms with van der Waals surface area (Å²) in [5, 5.41) is 7.96. The van der Waals surface area contributed by atoms with Crippen molar-refractivity contribution in [1.29, 1.82) is 0 Å². The van der Waals surface area contributed by atoms with E-state index in [4.69, 9.17) is 23.2 Å². The van der Waals surface area contributed by atoms with Gasteiger partial charge in [-0.25, -0.2) is 8.42 Å². The molecule has 0 saturated heterocycles. The van der Waals surface area contributed by atoms with Gasteiger partial charge in [-0.15, -0.1) is 0 Å². The average Bonchev–Trinajstić information content (AvgIpc) is 2.75. The molecule has 0 radical (unpaired) electrons. The van der Waals surface area contributed by atoms with Crippen molar-refractivity contribution in [1.82, 2.24) is 14.6 Å². The molecule has 2 N–H and O–H groups in total. The lowest BCUT2D eigenvalue weighted by atomic mass is 10.2. The van der Waals surface area contributed by atoms with Crippen molar-refractivity contribution >= 4 is 55.7 Å². The second-order valence-electron chi connectivity index (χ2n) is 6.68. The number of likely N-dealkylation sites (N-methyl/N-ethyl adjacent to an activating group) is 1. The lowest BCUT2D eigenvalue weighted by Crippen LogP contribution is -2.41. The number of anilines is 1. The van der Waals surface area contributed by atoms with E-state index >= 15 is 0 Å². The van der Waals surface area contributed by atoms with Gasteiger partial charge in [0.25, 0.3) is 0 Å². The third-order valence-electron chi connectivity index (χ3n) is 4.59. The molecule has 7 nitrogen and oxygen atoms in total. The number of hydrogen-bond donors (Lipinski definition) is 2. The van der Waals surface area contributed by atoms with E-state index in [9.17, 15) is 13.2 Å². The zero-order valence-electron chi connectivity index (χ0n) is 16.8. The molecular weight excluding hydrogens is 459 g/mol. The highest BCUT2D eigenvalue weighted by atomic mass is 35.5. The molecule has 0 spiro atoms. The van der Waals surface area contributed by atoms with Crippen LogP contribution in [0.5, 0.6) is 0 Å². The first-order chi connectivity index (χ1) is 14.8. The van der Waals surface area contributed by atoms with Crippen molar-refractivity contribution < 1.29 is 13.2 Å². The number of carbonyl (C=O) groups excluding carboxylic acids is 1. The van der Waals surface area contributed by atoms with Crippen LogP contribution in [0.15, 0.2) is 59.6 Å². The molecule has 0 aliphatic carbocycles. The van der Waals surface area contributed by atoms with Crippen molar-refractivity contribution in [3.05, 3.63) is 64.8 Å². The number of benzene rings is 2. The first kappa shape index (κ1) is 23.3. The lowest BCUT2D eigenvalue weighted by Gasteiger charge is -2.20. The summed E-state index contributed by atoms with van der Waals surface area (Å²) in [6, 6.07) is 13.2. The number of hydrogen-bond acceptors (Lipinski definition) is 5. The first-order valence-electron chi connectivity index (χ1n) is 9.62. The Labute approximate surface area is 191 Å². The maximum absolute atomic E-state index is 12.7. The van der Waals surface area contributed by atoms with E-state index in [-0.39, 0.29) is 23.9 Å². The largest absolute Gasteiger partial charge is 0.383 e. The predicted molar refractivity (Wildman–Crippen MR) is 124 cm³/mol. The Morgan fingerprint density at radius 2 is 1.74 bits per heavy atom. The Morgan fingerprint density at radius 3 is 2.45 bits per heavy atom. The van der Waals surface area contributed by atoms with Gasteiger partial charge in [-0.1, -0.05) is 30.1 Å². The van der Waals surface area contributed by atoms with E-state index in [1.54, 1.807) is 25.3 Å². The van der Waals surface area contributed by atoms with Gasteiger partial charge >= 0.3 is 0 Å². The standard InChI is InChI=1S/C21H22Cl2N4O3S/c1-2-27(31(29,30)17-6-3-15(22)4-7-17)14-21(28)26-12-11-25-19-9-10-24-20-13-16(23)5-8-18(19)20/h3-10,13H,2,11-12,14H2,1H3,(H,24,25)(H,26,28). The second kappa shape index (κ2) is 10.3. The van der Waals surface area contributed by atoms with Gasteiger partial charge in [-0.05, 0) is 48.5 Å². The number of halogens is 2. The maximum atomic E-state index is 12.7. The summed E-state index contributed by atoms with van der Waals surface area (Å²) in [4.78, 5) is 16.7. The highest BCUT2D eigenvalue weighted by molar-refractivity contribution is 7.89.